The van der Waals surface area contributed by atoms with Gasteiger partial charge in [0.15, 0.2) is 0 Å². The van der Waals surface area contributed by atoms with Crippen molar-refractivity contribution in [3.8, 4) is 0 Å². The van der Waals surface area contributed by atoms with Crippen LogP contribution in [0.15, 0.2) is 0 Å². The van der Waals surface area contributed by atoms with Crippen LogP contribution in [0, 0.1) is 0 Å². The topological polar surface area (TPSA) is 21.3 Å². The third-order valence-electron chi connectivity index (χ3n) is 0.902. The third kappa shape index (κ3) is 0.698. The fourth-order valence-electron chi connectivity index (χ4n) is 0.557. The maximum absolute atomic E-state index is 5.04. The fraction of sp³-hybridized carbons (Fsp3) is 1.00. The quantitative estimate of drug-likeness (QED) is 0.447. The van der Waals surface area contributed by atoms with E-state index < -0.39 is 0 Å². The summed E-state index contributed by atoms with van der Waals surface area (Å²) in [4.78, 5) is 0. The van der Waals surface area contributed by atoms with Crippen LogP contribution in [0.5, 0.6) is 0 Å². The van der Waals surface area contributed by atoms with E-state index in [-0.39, 0.29) is 0 Å². The first-order valence-electron chi connectivity index (χ1n) is 2.24. The summed E-state index contributed by atoms with van der Waals surface area (Å²) >= 11 is 0. The van der Waals surface area contributed by atoms with Crippen molar-refractivity contribution in [2.24, 2.45) is 0 Å². The second-order valence-electron chi connectivity index (χ2n) is 1.47. The zero-order chi connectivity index (χ0) is 4.41. The Hall–Kier alpha value is -0.0800. The van der Waals surface area contributed by atoms with Gasteiger partial charge >= 0.3 is 0 Å². The lowest BCUT2D eigenvalue weighted by Gasteiger charge is -1.96. The molecule has 0 aromatic heterocycles. The van der Waals surface area contributed by atoms with E-state index in [1.165, 1.54) is 0 Å². The molecule has 0 radical (unpaired) electrons. The summed E-state index contributed by atoms with van der Waals surface area (Å²) in [6.45, 7) is 3.90. The number of nitrogens with one attached hydrogen (secondary N) is 1. The van der Waals surface area contributed by atoms with Gasteiger partial charge in [-0.3, -0.25) is 5.32 Å². The largest absolute Gasteiger partial charge is 0.362 e. The summed E-state index contributed by atoms with van der Waals surface area (Å²) in [5, 5.41) is 3.10. The van der Waals surface area contributed by atoms with Gasteiger partial charge in [0.1, 0.15) is 6.23 Å². The molecule has 0 amide bonds. The molecule has 0 aromatic rings. The molecule has 1 aliphatic heterocycles. The minimum Gasteiger partial charge on any atom is -0.362 e. The van der Waals surface area contributed by atoms with Crippen molar-refractivity contribution < 1.29 is 4.74 Å². The molecule has 2 heteroatoms. The van der Waals surface area contributed by atoms with Crippen LogP contribution in [0.1, 0.15) is 6.92 Å². The third-order valence-corrected chi connectivity index (χ3v) is 0.902. The normalized spacial score (nSPS) is 34.5. The lowest BCUT2D eigenvalue weighted by molar-refractivity contribution is 0.116. The molecule has 6 heavy (non-hydrogen) atoms. The molecule has 0 unspecified atom stereocenters. The molecule has 0 spiro atoms. The second kappa shape index (κ2) is 1.58. The minimum absolute atomic E-state index is 0.296. The van der Waals surface area contributed by atoms with E-state index in [4.69, 9.17) is 4.74 Å². The van der Waals surface area contributed by atoms with Crippen LogP contribution >= 0.6 is 0 Å². The molecule has 1 rings (SSSR count). The summed E-state index contributed by atoms with van der Waals surface area (Å²) in [6, 6.07) is 0. The average Bonchev–Trinajstić information content (AvgIpc) is 1.86. The summed E-state index contributed by atoms with van der Waals surface area (Å²) < 4.78 is 5.04. The van der Waals surface area contributed by atoms with Gasteiger partial charge in [-0.25, -0.2) is 0 Å². The van der Waals surface area contributed by atoms with Crippen LogP contribution in [0.4, 0.5) is 0 Å². The highest BCUT2D eigenvalue weighted by molar-refractivity contribution is 4.54. The first-order chi connectivity index (χ1) is 2.89. The standard InChI is InChI=1S/C4H9NO/c1-4-5-2-3-6-4/h4-5H,2-3H2,1H3/t4-/m0/s1. The smallest absolute Gasteiger partial charge is 0.105 e. The van der Waals surface area contributed by atoms with Gasteiger partial charge in [-0.1, -0.05) is 0 Å². The maximum atomic E-state index is 5.04. The van der Waals surface area contributed by atoms with Crippen molar-refractivity contribution in [2.45, 2.75) is 13.2 Å². The summed E-state index contributed by atoms with van der Waals surface area (Å²) in [6.07, 6.45) is 0.296. The average molecular weight is 87.1 g/mol. The van der Waals surface area contributed by atoms with Gasteiger partial charge < -0.3 is 4.74 Å². The molecule has 1 N–H and O–H groups in total. The number of ether oxygens (including phenoxy) is 1. The molecule has 1 atom stereocenters. The molecule has 1 fully saturated rings. The van der Waals surface area contributed by atoms with Gasteiger partial charge in [0.2, 0.25) is 0 Å². The molecule has 0 bridgehead atoms. The van der Waals surface area contributed by atoms with Crippen LogP contribution < -0.4 is 5.32 Å². The highest BCUT2D eigenvalue weighted by Crippen LogP contribution is 1.89. The second-order valence-corrected chi connectivity index (χ2v) is 1.47. The highest BCUT2D eigenvalue weighted by Gasteiger charge is 2.05. The van der Waals surface area contributed by atoms with E-state index in [2.05, 4.69) is 5.32 Å². The summed E-state index contributed by atoms with van der Waals surface area (Å²) in [5.41, 5.74) is 0. The van der Waals surface area contributed by atoms with E-state index in [1.54, 1.807) is 0 Å². The molecule has 1 aliphatic rings. The Balaban J connectivity index is 2.18. The van der Waals surface area contributed by atoms with E-state index >= 15 is 0 Å². The van der Waals surface area contributed by atoms with Gasteiger partial charge in [-0.2, -0.15) is 0 Å². The zero-order valence-corrected chi connectivity index (χ0v) is 3.90. The molecule has 0 aliphatic carbocycles. The highest BCUT2D eigenvalue weighted by atomic mass is 16.5. The van der Waals surface area contributed by atoms with E-state index in [0.717, 1.165) is 13.2 Å². The van der Waals surface area contributed by atoms with Crippen molar-refractivity contribution in [2.75, 3.05) is 13.2 Å². The van der Waals surface area contributed by atoms with Crippen molar-refractivity contribution >= 4 is 0 Å². The first kappa shape index (κ1) is 4.09. The van der Waals surface area contributed by atoms with Crippen LogP contribution in [0.2, 0.25) is 0 Å². The van der Waals surface area contributed by atoms with Crippen molar-refractivity contribution in [3.63, 3.8) is 0 Å². The lowest BCUT2D eigenvalue weighted by atomic mass is 10.7. The Bertz CT molecular complexity index is 40.8. The minimum atomic E-state index is 0.296. The first-order valence-corrected chi connectivity index (χ1v) is 2.24. The summed E-state index contributed by atoms with van der Waals surface area (Å²) in [7, 11) is 0. The molecule has 0 aromatic carbocycles. The Kier molecular flexibility index (Phi) is 1.08. The molecule has 1 saturated heterocycles. The molecule has 1 heterocycles. The van der Waals surface area contributed by atoms with Crippen LogP contribution in [0.3, 0.4) is 0 Å². The molecular formula is C4H9NO. The molecule has 36 valence electrons. The molecule has 0 saturated carbocycles. The van der Waals surface area contributed by atoms with Gasteiger partial charge in [0.25, 0.3) is 0 Å². The van der Waals surface area contributed by atoms with Crippen molar-refractivity contribution in [1.29, 1.82) is 0 Å². The maximum Gasteiger partial charge on any atom is 0.105 e. The SMILES string of the molecule is C[C@H]1NCCO1. The Morgan fingerprint density at radius 1 is 1.83 bits per heavy atom. The zero-order valence-electron chi connectivity index (χ0n) is 3.90. The number of rotatable bonds is 0. The van der Waals surface area contributed by atoms with E-state index in [0.29, 0.717) is 6.23 Å². The molecule has 2 nitrogen and oxygen atoms in total. The van der Waals surface area contributed by atoms with E-state index in [9.17, 15) is 0 Å². The lowest BCUT2D eigenvalue weighted by Crippen LogP contribution is -2.17. The van der Waals surface area contributed by atoms with E-state index in [1.807, 2.05) is 6.92 Å². The van der Waals surface area contributed by atoms with Crippen molar-refractivity contribution in [1.82, 2.24) is 5.32 Å². The number of hydrogen-bond donors (Lipinski definition) is 1. The Labute approximate surface area is 37.5 Å². The number of hydrogen-bond acceptors (Lipinski definition) is 2. The van der Waals surface area contributed by atoms with Gasteiger partial charge in [0, 0.05) is 6.54 Å². The van der Waals surface area contributed by atoms with Gasteiger partial charge in [-0.15, -0.1) is 0 Å². The monoisotopic (exact) mass is 87.1 g/mol. The Morgan fingerprint density at radius 2 is 2.67 bits per heavy atom. The van der Waals surface area contributed by atoms with Crippen molar-refractivity contribution in [3.05, 3.63) is 0 Å². The predicted molar refractivity (Wildman–Crippen MR) is 23.4 cm³/mol. The predicted octanol–water partition coefficient (Wildman–Crippen LogP) is -0.0478. The van der Waals surface area contributed by atoms with Crippen LogP contribution in [0.25, 0.3) is 0 Å². The van der Waals surface area contributed by atoms with Crippen LogP contribution in [-0.2, 0) is 4.74 Å². The van der Waals surface area contributed by atoms with Crippen LogP contribution in [-0.4, -0.2) is 19.4 Å². The Morgan fingerprint density at radius 3 is 2.83 bits per heavy atom. The summed E-state index contributed by atoms with van der Waals surface area (Å²) in [5.74, 6) is 0. The molecular weight excluding hydrogens is 78.0 g/mol. The fourth-order valence-corrected chi connectivity index (χ4v) is 0.557. The van der Waals surface area contributed by atoms with Gasteiger partial charge in [-0.05, 0) is 6.92 Å². The van der Waals surface area contributed by atoms with Gasteiger partial charge in [0.05, 0.1) is 6.61 Å².